The Morgan fingerprint density at radius 1 is 0.976 bits per heavy atom. The van der Waals surface area contributed by atoms with Crippen molar-refractivity contribution in [3.63, 3.8) is 0 Å². The third-order valence-electron chi connectivity index (χ3n) is 6.42. The minimum Gasteiger partial charge on any atom is -0.464 e. The van der Waals surface area contributed by atoms with Crippen LogP contribution in [0, 0.1) is 5.82 Å². The van der Waals surface area contributed by atoms with E-state index < -0.39 is 28.3 Å². The van der Waals surface area contributed by atoms with E-state index in [1.54, 1.807) is 24.3 Å². The van der Waals surface area contributed by atoms with Crippen LogP contribution in [0.5, 0.6) is 0 Å². The van der Waals surface area contributed by atoms with Crippen molar-refractivity contribution >= 4 is 38.5 Å². The van der Waals surface area contributed by atoms with Crippen LogP contribution in [-0.2, 0) is 37.4 Å². The number of amides is 2. The maximum atomic E-state index is 13.7. The maximum Gasteiger partial charge on any atom is 0.243 e. The molecule has 0 spiro atoms. The zero-order valence-corrected chi connectivity index (χ0v) is 23.9. The van der Waals surface area contributed by atoms with Gasteiger partial charge < -0.3 is 19.4 Å². The highest BCUT2D eigenvalue weighted by Gasteiger charge is 2.29. The van der Waals surface area contributed by atoms with Crippen LogP contribution >= 0.6 is 0 Å². The average Bonchev–Trinajstić information content (AvgIpc) is 2.97. The lowest BCUT2D eigenvalue weighted by molar-refractivity contribution is -0.132. The fourth-order valence-corrected chi connectivity index (χ4v) is 5.64. The highest BCUT2D eigenvalue weighted by Crippen LogP contribution is 2.20. The van der Waals surface area contributed by atoms with Crippen LogP contribution < -0.4 is 10.7 Å². The maximum absolute atomic E-state index is 13.7. The van der Waals surface area contributed by atoms with Crippen molar-refractivity contribution in [2.45, 2.75) is 24.9 Å². The van der Waals surface area contributed by atoms with E-state index in [2.05, 4.69) is 5.32 Å². The second-order valence-corrected chi connectivity index (χ2v) is 11.4. The zero-order chi connectivity index (χ0) is 30.3. The van der Waals surface area contributed by atoms with Gasteiger partial charge in [-0.2, -0.15) is 4.31 Å². The predicted octanol–water partition coefficient (Wildman–Crippen LogP) is 3.76. The molecule has 3 aromatic carbocycles. The smallest absolute Gasteiger partial charge is 0.243 e. The number of anilines is 1. The van der Waals surface area contributed by atoms with Crippen LogP contribution in [0.3, 0.4) is 0 Å². The first kappa shape index (κ1) is 30.6. The van der Waals surface area contributed by atoms with Crippen molar-refractivity contribution in [2.24, 2.45) is 0 Å². The molecule has 0 unspecified atom stereocenters. The van der Waals surface area contributed by atoms with Gasteiger partial charge in [0.25, 0.3) is 0 Å². The van der Waals surface area contributed by atoms with Crippen LogP contribution in [0.2, 0.25) is 0 Å². The summed E-state index contributed by atoms with van der Waals surface area (Å²) in [6.07, 6.45) is 1.28. The number of ether oxygens (including phenoxy) is 1. The summed E-state index contributed by atoms with van der Waals surface area (Å²) in [6, 6.07) is 17.8. The molecule has 220 valence electrons. The molecule has 0 aliphatic rings. The lowest BCUT2D eigenvalue weighted by Crippen LogP contribution is -2.44. The second-order valence-electron chi connectivity index (χ2n) is 9.50. The lowest BCUT2D eigenvalue weighted by atomic mass is 10.1. The Hall–Kier alpha value is -4.39. The molecule has 0 aliphatic heterocycles. The van der Waals surface area contributed by atoms with Crippen LogP contribution in [-0.4, -0.2) is 56.2 Å². The fraction of sp³-hybridized carbons (Fsp3) is 0.233. The number of carbonyl (C=O) groups excluding carboxylic acids is 2. The number of nitrogens with one attached hydrogen (secondary N) is 1. The normalized spacial score (nSPS) is 11.5. The molecule has 4 rings (SSSR count). The zero-order valence-electron chi connectivity index (χ0n) is 23.1. The van der Waals surface area contributed by atoms with Gasteiger partial charge in [0.1, 0.15) is 11.4 Å². The first-order chi connectivity index (χ1) is 20.1. The molecule has 1 N–H and O–H groups in total. The second kappa shape index (κ2) is 13.5. The van der Waals surface area contributed by atoms with Crippen LogP contribution in [0.25, 0.3) is 11.0 Å². The molecule has 0 saturated carbocycles. The number of halogens is 1. The largest absolute Gasteiger partial charge is 0.464 e. The molecule has 0 saturated heterocycles. The van der Waals surface area contributed by atoms with Gasteiger partial charge in [-0.3, -0.25) is 14.4 Å². The molecule has 1 heterocycles. The Morgan fingerprint density at radius 2 is 1.67 bits per heavy atom. The highest BCUT2D eigenvalue weighted by atomic mass is 32.2. The number of para-hydroxylation sites is 1. The molecule has 0 radical (unpaired) electrons. The van der Waals surface area contributed by atoms with Gasteiger partial charge in [0.15, 0.2) is 5.43 Å². The number of hydrogen-bond donors (Lipinski definition) is 1. The topological polar surface area (TPSA) is 126 Å². The van der Waals surface area contributed by atoms with Crippen LogP contribution in [0.1, 0.15) is 18.1 Å². The van der Waals surface area contributed by atoms with Gasteiger partial charge in [-0.15, -0.1) is 0 Å². The van der Waals surface area contributed by atoms with Crippen LogP contribution in [0.15, 0.2) is 93.2 Å². The number of benzene rings is 3. The van der Waals surface area contributed by atoms with E-state index in [1.165, 1.54) is 73.7 Å². The molecule has 0 fully saturated rings. The third-order valence-corrected chi connectivity index (χ3v) is 8.28. The predicted molar refractivity (Wildman–Crippen MR) is 155 cm³/mol. The van der Waals surface area contributed by atoms with Gasteiger partial charge in [-0.1, -0.05) is 24.3 Å². The SMILES string of the molecule is COCCN(CC(=O)N(Cc1ccc(F)cc1)Cc1coc2ccccc2c1=O)S(=O)(=O)c1ccc(NC(C)=O)cc1. The third kappa shape index (κ3) is 7.46. The quantitative estimate of drug-likeness (QED) is 0.264. The molecule has 0 atom stereocenters. The first-order valence-electron chi connectivity index (χ1n) is 13.0. The summed E-state index contributed by atoms with van der Waals surface area (Å²) in [5.74, 6) is -1.35. The standard InChI is InChI=1S/C30H30FN3O7S/c1-21(35)32-25-11-13-26(14-12-25)42(38,39)34(15-16-40-2)19-29(36)33(17-22-7-9-24(31)10-8-22)18-23-20-41-28-6-4-3-5-27(28)30(23)37/h3-14,20H,15-19H2,1-2H3,(H,32,35). The van der Waals surface area contributed by atoms with E-state index >= 15 is 0 Å². The van der Waals surface area contributed by atoms with Gasteiger partial charge in [-0.05, 0) is 54.1 Å². The molecule has 12 heteroatoms. The number of sulfonamides is 1. The lowest BCUT2D eigenvalue weighted by Gasteiger charge is -2.27. The van der Waals surface area contributed by atoms with Crippen molar-refractivity contribution in [1.29, 1.82) is 0 Å². The summed E-state index contributed by atoms with van der Waals surface area (Å²) < 4.78 is 52.4. The van der Waals surface area contributed by atoms with E-state index in [1.807, 2.05) is 0 Å². The molecule has 0 aliphatic carbocycles. The van der Waals surface area contributed by atoms with E-state index in [-0.39, 0.29) is 48.0 Å². The number of carbonyl (C=O) groups is 2. The highest BCUT2D eigenvalue weighted by molar-refractivity contribution is 7.89. The van der Waals surface area contributed by atoms with Crippen molar-refractivity contribution in [1.82, 2.24) is 9.21 Å². The minimum atomic E-state index is -4.17. The van der Waals surface area contributed by atoms with E-state index in [0.29, 0.717) is 22.2 Å². The van der Waals surface area contributed by atoms with E-state index in [4.69, 9.17) is 9.15 Å². The molecule has 10 nitrogen and oxygen atoms in total. The minimum absolute atomic E-state index is 0.0166. The van der Waals surface area contributed by atoms with Crippen LogP contribution in [0.4, 0.5) is 10.1 Å². The van der Waals surface area contributed by atoms with Gasteiger partial charge in [0, 0.05) is 32.8 Å². The average molecular weight is 596 g/mol. The summed E-state index contributed by atoms with van der Waals surface area (Å²) in [5.41, 5.74) is 1.26. The Morgan fingerprint density at radius 3 is 2.33 bits per heavy atom. The molecule has 2 amide bonds. The van der Waals surface area contributed by atoms with Crippen molar-refractivity contribution in [2.75, 3.05) is 32.1 Å². The molecule has 4 aromatic rings. The molecule has 42 heavy (non-hydrogen) atoms. The summed E-state index contributed by atoms with van der Waals surface area (Å²) >= 11 is 0. The Labute approximate surface area is 242 Å². The van der Waals surface area contributed by atoms with E-state index in [0.717, 1.165) is 4.31 Å². The van der Waals surface area contributed by atoms with Gasteiger partial charge in [0.2, 0.25) is 21.8 Å². The van der Waals surface area contributed by atoms with E-state index in [9.17, 15) is 27.2 Å². The molecular formula is C30H30FN3O7S. The Kier molecular flexibility index (Phi) is 9.84. The number of hydrogen-bond acceptors (Lipinski definition) is 7. The van der Waals surface area contributed by atoms with Gasteiger partial charge >= 0.3 is 0 Å². The number of rotatable bonds is 12. The fourth-order valence-electron chi connectivity index (χ4n) is 4.27. The molecule has 0 bridgehead atoms. The summed E-state index contributed by atoms with van der Waals surface area (Å²) in [4.78, 5) is 39.5. The van der Waals surface area contributed by atoms with Crippen molar-refractivity contribution in [3.8, 4) is 0 Å². The number of nitrogens with zero attached hydrogens (tertiary/aromatic N) is 2. The summed E-state index contributed by atoms with van der Waals surface area (Å²) in [6.45, 7) is 0.479. The first-order valence-corrected chi connectivity index (χ1v) is 14.4. The summed E-state index contributed by atoms with van der Waals surface area (Å²) in [5, 5.41) is 2.92. The Balaban J connectivity index is 1.65. The van der Waals surface area contributed by atoms with Gasteiger partial charge in [-0.25, -0.2) is 12.8 Å². The number of methoxy groups -OCH3 is 1. The van der Waals surface area contributed by atoms with Gasteiger partial charge in [0.05, 0.1) is 41.8 Å². The summed E-state index contributed by atoms with van der Waals surface area (Å²) in [7, 11) is -2.76. The molecule has 1 aromatic heterocycles. The number of fused-ring (bicyclic) bond motifs is 1. The van der Waals surface area contributed by atoms with Crippen molar-refractivity contribution in [3.05, 3.63) is 106 Å². The Bertz CT molecular complexity index is 1720. The monoisotopic (exact) mass is 595 g/mol. The van der Waals surface area contributed by atoms with Crippen molar-refractivity contribution < 1.29 is 31.6 Å². The molecular weight excluding hydrogens is 565 g/mol.